The molecule has 1 aliphatic heterocycles. The average Bonchev–Trinajstić information content (AvgIpc) is 3.07. The van der Waals surface area contributed by atoms with Crippen LogP contribution in [0.1, 0.15) is 30.5 Å². The quantitative estimate of drug-likeness (QED) is 0.705. The number of pyridine rings is 1. The first-order valence-electron chi connectivity index (χ1n) is 9.66. The smallest absolute Gasteiger partial charge is 0.228 e. The van der Waals surface area contributed by atoms with Gasteiger partial charge in [-0.05, 0) is 30.2 Å². The Bertz CT molecular complexity index is 782. The number of nitrogens with zero attached hydrogens (tertiary/aromatic N) is 3. The van der Waals surface area contributed by atoms with Gasteiger partial charge in [0.15, 0.2) is 0 Å². The van der Waals surface area contributed by atoms with Crippen LogP contribution in [0.15, 0.2) is 54.9 Å². The van der Waals surface area contributed by atoms with Gasteiger partial charge >= 0.3 is 0 Å². The van der Waals surface area contributed by atoms with Gasteiger partial charge < -0.3 is 14.5 Å². The standard InChI is InChI=1S/C22H27N3O3/c1-3-24(16-17-9-11-23-12-10-17)22(27)19-15-20(26)25(13-14-28-2)21(19)18-7-5-4-6-8-18/h4-12,19,21H,3,13-16H2,1-2H3/t19-,21+/m1/s1. The van der Waals surface area contributed by atoms with Gasteiger partial charge in [0.2, 0.25) is 11.8 Å². The molecule has 2 aromatic rings. The average molecular weight is 381 g/mol. The summed E-state index contributed by atoms with van der Waals surface area (Å²) in [5, 5.41) is 0. The third-order valence-electron chi connectivity index (χ3n) is 5.24. The van der Waals surface area contributed by atoms with E-state index in [9.17, 15) is 9.59 Å². The zero-order valence-corrected chi connectivity index (χ0v) is 16.5. The summed E-state index contributed by atoms with van der Waals surface area (Å²) in [4.78, 5) is 33.8. The minimum atomic E-state index is -0.395. The van der Waals surface area contributed by atoms with Crippen LogP contribution in [-0.4, -0.2) is 53.4 Å². The molecule has 0 unspecified atom stereocenters. The number of carbonyl (C=O) groups is 2. The summed E-state index contributed by atoms with van der Waals surface area (Å²) in [5.41, 5.74) is 2.02. The molecule has 6 heteroatoms. The zero-order chi connectivity index (χ0) is 19.9. The van der Waals surface area contributed by atoms with E-state index in [0.717, 1.165) is 11.1 Å². The van der Waals surface area contributed by atoms with E-state index in [4.69, 9.17) is 4.74 Å². The van der Waals surface area contributed by atoms with Gasteiger partial charge in [0.05, 0.1) is 18.6 Å². The van der Waals surface area contributed by atoms with E-state index in [1.54, 1.807) is 24.4 Å². The van der Waals surface area contributed by atoms with Crippen molar-refractivity contribution in [2.45, 2.75) is 25.9 Å². The minimum Gasteiger partial charge on any atom is -0.383 e. The van der Waals surface area contributed by atoms with E-state index < -0.39 is 5.92 Å². The van der Waals surface area contributed by atoms with Crippen LogP contribution in [-0.2, 0) is 20.9 Å². The molecule has 6 nitrogen and oxygen atoms in total. The molecule has 2 amide bonds. The number of likely N-dealkylation sites (tertiary alicyclic amines) is 1. The number of ether oxygens (including phenoxy) is 1. The van der Waals surface area contributed by atoms with Gasteiger partial charge in [-0.25, -0.2) is 0 Å². The predicted octanol–water partition coefficient (Wildman–Crippen LogP) is 2.67. The van der Waals surface area contributed by atoms with E-state index in [2.05, 4.69) is 4.98 Å². The molecule has 0 spiro atoms. The molecule has 1 aromatic carbocycles. The van der Waals surface area contributed by atoms with E-state index in [1.165, 1.54) is 0 Å². The van der Waals surface area contributed by atoms with Crippen LogP contribution >= 0.6 is 0 Å². The fraction of sp³-hybridized carbons (Fsp3) is 0.409. The Morgan fingerprint density at radius 2 is 1.93 bits per heavy atom. The molecule has 2 heterocycles. The molecule has 0 saturated carbocycles. The van der Waals surface area contributed by atoms with Crippen LogP contribution in [0.3, 0.4) is 0 Å². The normalized spacial score (nSPS) is 19.1. The van der Waals surface area contributed by atoms with Crippen molar-refractivity contribution in [2.75, 3.05) is 26.8 Å². The van der Waals surface area contributed by atoms with Crippen molar-refractivity contribution >= 4 is 11.8 Å². The third-order valence-corrected chi connectivity index (χ3v) is 5.24. The molecule has 28 heavy (non-hydrogen) atoms. The molecule has 0 aliphatic carbocycles. The topological polar surface area (TPSA) is 62.7 Å². The van der Waals surface area contributed by atoms with Crippen molar-refractivity contribution in [3.8, 4) is 0 Å². The number of carbonyl (C=O) groups excluding carboxylic acids is 2. The van der Waals surface area contributed by atoms with Gasteiger partial charge in [-0.3, -0.25) is 14.6 Å². The second kappa shape index (κ2) is 9.46. The van der Waals surface area contributed by atoms with E-state index in [-0.39, 0.29) is 24.3 Å². The first-order chi connectivity index (χ1) is 13.7. The number of hydrogen-bond acceptors (Lipinski definition) is 4. The monoisotopic (exact) mass is 381 g/mol. The number of rotatable bonds is 8. The molecule has 0 N–H and O–H groups in total. The van der Waals surface area contributed by atoms with Gasteiger partial charge in [0.1, 0.15) is 0 Å². The van der Waals surface area contributed by atoms with Gasteiger partial charge in [0.25, 0.3) is 0 Å². The minimum absolute atomic E-state index is 0.00390. The highest BCUT2D eigenvalue weighted by Gasteiger charge is 2.45. The Hall–Kier alpha value is -2.73. The summed E-state index contributed by atoms with van der Waals surface area (Å²) in [6.45, 7) is 4.00. The van der Waals surface area contributed by atoms with Gasteiger partial charge in [-0.15, -0.1) is 0 Å². The Kier molecular flexibility index (Phi) is 6.76. The van der Waals surface area contributed by atoms with Crippen LogP contribution in [0, 0.1) is 5.92 Å². The molecule has 1 aliphatic rings. The molecule has 3 rings (SSSR count). The van der Waals surface area contributed by atoms with Crippen molar-refractivity contribution < 1.29 is 14.3 Å². The summed E-state index contributed by atoms with van der Waals surface area (Å²) >= 11 is 0. The lowest BCUT2D eigenvalue weighted by molar-refractivity contribution is -0.137. The SMILES string of the molecule is CCN(Cc1ccncc1)C(=O)[C@@H]1CC(=O)N(CCOC)[C@H]1c1ccccc1. The predicted molar refractivity (Wildman–Crippen MR) is 106 cm³/mol. The molecule has 2 atom stereocenters. The van der Waals surface area contributed by atoms with Crippen LogP contribution in [0.2, 0.25) is 0 Å². The first-order valence-corrected chi connectivity index (χ1v) is 9.66. The van der Waals surface area contributed by atoms with Gasteiger partial charge in [-0.2, -0.15) is 0 Å². The van der Waals surface area contributed by atoms with Crippen LogP contribution < -0.4 is 0 Å². The maximum atomic E-state index is 13.4. The summed E-state index contributed by atoms with van der Waals surface area (Å²) < 4.78 is 5.18. The van der Waals surface area contributed by atoms with Crippen molar-refractivity contribution in [3.63, 3.8) is 0 Å². The van der Waals surface area contributed by atoms with E-state index in [1.807, 2.05) is 54.3 Å². The van der Waals surface area contributed by atoms with Crippen molar-refractivity contribution in [2.24, 2.45) is 5.92 Å². The van der Waals surface area contributed by atoms with Gasteiger partial charge in [0, 0.05) is 45.6 Å². The molecule has 148 valence electrons. The van der Waals surface area contributed by atoms with Gasteiger partial charge in [-0.1, -0.05) is 30.3 Å². The van der Waals surface area contributed by atoms with Crippen molar-refractivity contribution in [3.05, 3.63) is 66.0 Å². The lowest BCUT2D eigenvalue weighted by atomic mass is 9.92. The van der Waals surface area contributed by atoms with Crippen molar-refractivity contribution in [1.29, 1.82) is 0 Å². The highest BCUT2D eigenvalue weighted by Crippen LogP contribution is 2.39. The molecular weight excluding hydrogens is 354 g/mol. The Morgan fingerprint density at radius 3 is 2.57 bits per heavy atom. The first kappa shape index (κ1) is 20.0. The molecule has 1 fully saturated rings. The van der Waals surface area contributed by atoms with Crippen molar-refractivity contribution in [1.82, 2.24) is 14.8 Å². The maximum Gasteiger partial charge on any atom is 0.228 e. The summed E-state index contributed by atoms with van der Waals surface area (Å²) in [6, 6.07) is 13.4. The second-order valence-electron chi connectivity index (χ2n) is 6.95. The largest absolute Gasteiger partial charge is 0.383 e. The zero-order valence-electron chi connectivity index (χ0n) is 16.5. The van der Waals surface area contributed by atoms with Crippen LogP contribution in [0.5, 0.6) is 0 Å². The van der Waals surface area contributed by atoms with Crippen LogP contribution in [0.25, 0.3) is 0 Å². The number of hydrogen-bond donors (Lipinski definition) is 0. The molecule has 1 saturated heterocycles. The Labute approximate surface area is 166 Å². The Balaban J connectivity index is 1.86. The van der Waals surface area contributed by atoms with E-state index in [0.29, 0.717) is 26.2 Å². The number of methoxy groups -OCH3 is 1. The van der Waals surface area contributed by atoms with E-state index >= 15 is 0 Å². The fourth-order valence-electron chi connectivity index (χ4n) is 3.82. The molecule has 0 bridgehead atoms. The third kappa shape index (κ3) is 4.39. The Morgan fingerprint density at radius 1 is 1.21 bits per heavy atom. The summed E-state index contributed by atoms with van der Waals surface area (Å²) in [7, 11) is 1.62. The fourth-order valence-corrected chi connectivity index (χ4v) is 3.82. The lowest BCUT2D eigenvalue weighted by Gasteiger charge is -2.31. The highest BCUT2D eigenvalue weighted by atomic mass is 16.5. The number of aromatic nitrogens is 1. The molecular formula is C22H27N3O3. The molecule has 1 aromatic heterocycles. The second-order valence-corrected chi connectivity index (χ2v) is 6.95. The number of benzene rings is 1. The summed E-state index contributed by atoms with van der Waals surface area (Å²) in [5.74, 6) is -0.376. The van der Waals surface area contributed by atoms with Crippen LogP contribution in [0.4, 0.5) is 0 Å². The highest BCUT2D eigenvalue weighted by molar-refractivity contribution is 5.90. The number of amides is 2. The molecule has 0 radical (unpaired) electrons. The maximum absolute atomic E-state index is 13.4. The summed E-state index contributed by atoms with van der Waals surface area (Å²) in [6.07, 6.45) is 3.69. The lowest BCUT2D eigenvalue weighted by Crippen LogP contribution is -2.39.